The summed E-state index contributed by atoms with van der Waals surface area (Å²) in [7, 11) is 0. The second kappa shape index (κ2) is 7.24. The van der Waals surface area contributed by atoms with Gasteiger partial charge in [-0.25, -0.2) is 10.2 Å². The van der Waals surface area contributed by atoms with Crippen molar-refractivity contribution in [2.75, 3.05) is 0 Å². The Hall–Kier alpha value is -4.13. The molecular formula is C21H14N2O5. The molecule has 0 aliphatic carbocycles. The third-order valence-electron chi connectivity index (χ3n) is 4.05. The Labute approximate surface area is 158 Å². The third-order valence-corrected chi connectivity index (χ3v) is 4.05. The van der Waals surface area contributed by atoms with Gasteiger partial charge in [-0.3, -0.25) is 4.79 Å². The molecule has 1 amide bonds. The highest BCUT2D eigenvalue weighted by molar-refractivity contribution is 5.96. The SMILES string of the molecule is O=C(O)c1ccc(-c2ccc(C=NNC(=O)c3cc4ccccc4o3)o2)cc1. The van der Waals surface area contributed by atoms with E-state index in [4.69, 9.17) is 13.9 Å². The van der Waals surface area contributed by atoms with Crippen LogP contribution in [-0.4, -0.2) is 23.2 Å². The third kappa shape index (κ3) is 3.54. The zero-order valence-electron chi connectivity index (χ0n) is 14.5. The van der Waals surface area contributed by atoms with Gasteiger partial charge in [0.15, 0.2) is 5.76 Å². The van der Waals surface area contributed by atoms with Crippen LogP contribution in [0.3, 0.4) is 0 Å². The number of nitrogens with one attached hydrogen (secondary N) is 1. The maximum absolute atomic E-state index is 12.1. The maximum Gasteiger partial charge on any atom is 0.335 e. The second-order valence-corrected chi connectivity index (χ2v) is 5.93. The van der Waals surface area contributed by atoms with Gasteiger partial charge < -0.3 is 13.9 Å². The summed E-state index contributed by atoms with van der Waals surface area (Å²) in [6, 6.07) is 18.7. The number of furan rings is 2. The lowest BCUT2D eigenvalue weighted by Crippen LogP contribution is -2.16. The molecule has 7 heteroatoms. The summed E-state index contributed by atoms with van der Waals surface area (Å²) in [4.78, 5) is 23.0. The van der Waals surface area contributed by atoms with Crippen molar-refractivity contribution >= 4 is 29.1 Å². The first-order valence-corrected chi connectivity index (χ1v) is 8.36. The Morgan fingerprint density at radius 2 is 1.75 bits per heavy atom. The molecule has 0 saturated carbocycles. The lowest BCUT2D eigenvalue weighted by molar-refractivity contribution is 0.0696. The Morgan fingerprint density at radius 1 is 0.964 bits per heavy atom. The highest BCUT2D eigenvalue weighted by Gasteiger charge is 2.11. The minimum atomic E-state index is -0.987. The van der Waals surface area contributed by atoms with Crippen molar-refractivity contribution in [3.63, 3.8) is 0 Å². The molecular weight excluding hydrogens is 360 g/mol. The molecule has 0 aliphatic rings. The molecule has 28 heavy (non-hydrogen) atoms. The number of hydrazone groups is 1. The molecule has 0 atom stereocenters. The largest absolute Gasteiger partial charge is 0.478 e. The van der Waals surface area contributed by atoms with E-state index in [1.165, 1.54) is 18.3 Å². The van der Waals surface area contributed by atoms with E-state index in [-0.39, 0.29) is 11.3 Å². The zero-order valence-corrected chi connectivity index (χ0v) is 14.5. The average molecular weight is 374 g/mol. The molecule has 0 unspecified atom stereocenters. The fourth-order valence-corrected chi connectivity index (χ4v) is 2.66. The van der Waals surface area contributed by atoms with E-state index in [2.05, 4.69) is 10.5 Å². The Balaban J connectivity index is 1.42. The normalized spacial score (nSPS) is 11.1. The molecule has 0 fully saturated rings. The second-order valence-electron chi connectivity index (χ2n) is 5.93. The molecule has 2 heterocycles. The predicted molar refractivity (Wildman–Crippen MR) is 102 cm³/mol. The number of carbonyl (C=O) groups excluding carboxylic acids is 1. The number of amides is 1. The number of benzene rings is 2. The van der Waals surface area contributed by atoms with E-state index in [9.17, 15) is 9.59 Å². The van der Waals surface area contributed by atoms with Crippen molar-refractivity contribution in [2.24, 2.45) is 5.10 Å². The van der Waals surface area contributed by atoms with Crippen LogP contribution in [0.25, 0.3) is 22.3 Å². The molecule has 7 nitrogen and oxygen atoms in total. The van der Waals surface area contributed by atoms with Crippen LogP contribution < -0.4 is 5.43 Å². The number of carbonyl (C=O) groups is 2. The van der Waals surface area contributed by atoms with Crippen LogP contribution in [0.15, 0.2) is 80.7 Å². The topological polar surface area (TPSA) is 105 Å². The smallest absolute Gasteiger partial charge is 0.335 e. The number of para-hydroxylation sites is 1. The first-order chi connectivity index (χ1) is 13.6. The van der Waals surface area contributed by atoms with E-state index in [1.807, 2.05) is 18.2 Å². The van der Waals surface area contributed by atoms with Crippen molar-refractivity contribution in [2.45, 2.75) is 0 Å². The molecule has 2 aromatic heterocycles. The zero-order chi connectivity index (χ0) is 19.5. The van der Waals surface area contributed by atoms with Crippen molar-refractivity contribution in [1.29, 1.82) is 0 Å². The number of hydrogen-bond donors (Lipinski definition) is 2. The minimum absolute atomic E-state index is 0.164. The van der Waals surface area contributed by atoms with Gasteiger partial charge in [-0.2, -0.15) is 5.10 Å². The molecule has 0 bridgehead atoms. The first-order valence-electron chi connectivity index (χ1n) is 8.36. The van der Waals surface area contributed by atoms with Crippen LogP contribution in [0.1, 0.15) is 26.7 Å². The van der Waals surface area contributed by atoms with Crippen LogP contribution in [0.2, 0.25) is 0 Å². The quantitative estimate of drug-likeness (QED) is 0.403. The summed E-state index contributed by atoms with van der Waals surface area (Å²) >= 11 is 0. The molecule has 4 rings (SSSR count). The van der Waals surface area contributed by atoms with E-state index < -0.39 is 11.9 Å². The van der Waals surface area contributed by atoms with Crippen molar-refractivity contribution < 1.29 is 23.5 Å². The van der Waals surface area contributed by atoms with Crippen molar-refractivity contribution in [1.82, 2.24) is 5.43 Å². The monoisotopic (exact) mass is 374 g/mol. The lowest BCUT2D eigenvalue weighted by atomic mass is 10.1. The molecule has 0 aliphatic heterocycles. The van der Waals surface area contributed by atoms with Gasteiger partial charge in [-0.05, 0) is 36.4 Å². The standard InChI is InChI=1S/C21H14N2O5/c24-20(19-11-15-3-1-2-4-17(15)28-19)23-22-12-16-9-10-18(27-16)13-5-7-14(8-6-13)21(25)26/h1-12H,(H,23,24)(H,25,26). The minimum Gasteiger partial charge on any atom is -0.478 e. The van der Waals surface area contributed by atoms with Crippen LogP contribution in [0, 0.1) is 0 Å². The number of fused-ring (bicyclic) bond motifs is 1. The van der Waals surface area contributed by atoms with Gasteiger partial charge >= 0.3 is 11.9 Å². The van der Waals surface area contributed by atoms with E-state index >= 15 is 0 Å². The van der Waals surface area contributed by atoms with Crippen LogP contribution in [0.4, 0.5) is 0 Å². The summed E-state index contributed by atoms with van der Waals surface area (Å²) in [6.45, 7) is 0. The van der Waals surface area contributed by atoms with Crippen LogP contribution in [0.5, 0.6) is 0 Å². The molecule has 4 aromatic rings. The molecule has 0 spiro atoms. The number of hydrogen-bond acceptors (Lipinski definition) is 5. The number of rotatable bonds is 5. The summed E-state index contributed by atoms with van der Waals surface area (Å²) in [5.74, 6) is -0.302. The molecule has 2 aromatic carbocycles. The van der Waals surface area contributed by atoms with E-state index in [0.717, 1.165) is 10.9 Å². The first kappa shape index (κ1) is 17.3. The molecule has 138 valence electrons. The van der Waals surface area contributed by atoms with Crippen molar-refractivity contribution in [3.05, 3.63) is 83.8 Å². The summed E-state index contributed by atoms with van der Waals surface area (Å²) in [5.41, 5.74) is 3.95. The number of carboxylic acids is 1. The number of aromatic carboxylic acids is 1. The van der Waals surface area contributed by atoms with Gasteiger partial charge in [0.1, 0.15) is 17.1 Å². The Morgan fingerprint density at radius 3 is 2.50 bits per heavy atom. The molecule has 0 saturated heterocycles. The Bertz CT molecular complexity index is 1150. The molecule has 0 radical (unpaired) electrons. The average Bonchev–Trinajstić information content (AvgIpc) is 3.35. The summed E-state index contributed by atoms with van der Waals surface area (Å²) in [6.07, 6.45) is 1.37. The highest BCUT2D eigenvalue weighted by Crippen LogP contribution is 2.22. The fourth-order valence-electron chi connectivity index (χ4n) is 2.66. The van der Waals surface area contributed by atoms with Gasteiger partial charge in [-0.1, -0.05) is 30.3 Å². The van der Waals surface area contributed by atoms with Gasteiger partial charge in [0, 0.05) is 10.9 Å². The van der Waals surface area contributed by atoms with Crippen LogP contribution in [-0.2, 0) is 0 Å². The maximum atomic E-state index is 12.1. The number of carboxylic acid groups (broad SMARTS) is 1. The number of nitrogens with zero attached hydrogens (tertiary/aromatic N) is 1. The van der Waals surface area contributed by atoms with Gasteiger partial charge in [0.05, 0.1) is 11.8 Å². The van der Waals surface area contributed by atoms with Crippen molar-refractivity contribution in [3.8, 4) is 11.3 Å². The van der Waals surface area contributed by atoms with Gasteiger partial charge in [-0.15, -0.1) is 0 Å². The van der Waals surface area contributed by atoms with E-state index in [1.54, 1.807) is 36.4 Å². The van der Waals surface area contributed by atoms with Gasteiger partial charge in [0.25, 0.3) is 0 Å². The highest BCUT2D eigenvalue weighted by atomic mass is 16.4. The van der Waals surface area contributed by atoms with Gasteiger partial charge in [0.2, 0.25) is 0 Å². The summed E-state index contributed by atoms with van der Waals surface area (Å²) in [5, 5.41) is 13.6. The fraction of sp³-hybridized carbons (Fsp3) is 0. The molecule has 2 N–H and O–H groups in total. The van der Waals surface area contributed by atoms with Crippen LogP contribution >= 0.6 is 0 Å². The summed E-state index contributed by atoms with van der Waals surface area (Å²) < 4.78 is 11.1. The van der Waals surface area contributed by atoms with E-state index in [0.29, 0.717) is 17.1 Å². The predicted octanol–water partition coefficient (Wildman–Crippen LogP) is 4.15. The Kier molecular flexibility index (Phi) is 4.47. The lowest BCUT2D eigenvalue weighted by Gasteiger charge is -1.98.